The van der Waals surface area contributed by atoms with Crippen molar-refractivity contribution in [3.8, 4) is 0 Å². The molecule has 1 aromatic heterocycles. The topological polar surface area (TPSA) is 58.6 Å². The second-order valence-electron chi connectivity index (χ2n) is 3.69. The third-order valence-corrected chi connectivity index (χ3v) is 3.42. The zero-order valence-electron chi connectivity index (χ0n) is 8.23. The maximum Gasteiger partial charge on any atom is 0.233 e. The van der Waals surface area contributed by atoms with E-state index in [2.05, 4.69) is 5.32 Å². The summed E-state index contributed by atoms with van der Waals surface area (Å²) in [5.74, 6) is -0.121. The van der Waals surface area contributed by atoms with Crippen LogP contribution in [0.4, 0.5) is 0 Å². The maximum atomic E-state index is 11.7. The van der Waals surface area contributed by atoms with E-state index in [9.17, 15) is 4.79 Å². The van der Waals surface area contributed by atoms with Crippen LogP contribution in [0.15, 0.2) is 17.5 Å². The first-order valence-corrected chi connectivity index (χ1v) is 5.64. The number of rotatable bonds is 4. The van der Waals surface area contributed by atoms with E-state index < -0.39 is 5.41 Å². The summed E-state index contributed by atoms with van der Waals surface area (Å²) in [7, 11) is 0. The van der Waals surface area contributed by atoms with Crippen molar-refractivity contribution in [2.24, 2.45) is 5.41 Å². The molecule has 4 nitrogen and oxygen atoms in total. The fraction of sp³-hybridized carbons (Fsp3) is 0.500. The number of amides is 1. The second kappa shape index (κ2) is 4.30. The van der Waals surface area contributed by atoms with Crippen LogP contribution < -0.4 is 5.32 Å². The van der Waals surface area contributed by atoms with Crippen molar-refractivity contribution in [2.45, 2.75) is 6.54 Å². The van der Waals surface area contributed by atoms with Crippen LogP contribution in [-0.2, 0) is 16.1 Å². The van der Waals surface area contributed by atoms with Gasteiger partial charge in [0.2, 0.25) is 5.91 Å². The molecule has 0 unspecified atom stereocenters. The Balaban J connectivity index is 1.87. The van der Waals surface area contributed by atoms with E-state index in [1.807, 2.05) is 17.5 Å². The molecule has 0 aromatic carbocycles. The predicted molar refractivity (Wildman–Crippen MR) is 56.5 cm³/mol. The average molecular weight is 227 g/mol. The van der Waals surface area contributed by atoms with E-state index in [4.69, 9.17) is 9.84 Å². The molecule has 1 saturated heterocycles. The monoisotopic (exact) mass is 227 g/mol. The molecule has 0 aliphatic carbocycles. The number of carbonyl (C=O) groups is 1. The summed E-state index contributed by atoms with van der Waals surface area (Å²) in [5, 5.41) is 13.9. The van der Waals surface area contributed by atoms with E-state index in [0.29, 0.717) is 19.8 Å². The van der Waals surface area contributed by atoms with Gasteiger partial charge in [0.25, 0.3) is 0 Å². The van der Waals surface area contributed by atoms with E-state index in [1.165, 1.54) is 0 Å². The largest absolute Gasteiger partial charge is 0.395 e. The lowest BCUT2D eigenvalue weighted by Crippen LogP contribution is -2.56. The van der Waals surface area contributed by atoms with Crippen LogP contribution >= 0.6 is 11.3 Å². The molecule has 0 saturated carbocycles. The van der Waals surface area contributed by atoms with Gasteiger partial charge in [0.15, 0.2) is 0 Å². The van der Waals surface area contributed by atoms with Crippen LogP contribution in [-0.4, -0.2) is 30.8 Å². The van der Waals surface area contributed by atoms with Crippen LogP contribution in [0.1, 0.15) is 4.88 Å². The molecule has 15 heavy (non-hydrogen) atoms. The number of thiophene rings is 1. The Labute approximate surface area is 91.9 Å². The van der Waals surface area contributed by atoms with Crippen molar-refractivity contribution in [1.82, 2.24) is 5.32 Å². The molecule has 82 valence electrons. The van der Waals surface area contributed by atoms with Crippen molar-refractivity contribution in [1.29, 1.82) is 0 Å². The molecule has 0 atom stereocenters. The second-order valence-corrected chi connectivity index (χ2v) is 4.73. The van der Waals surface area contributed by atoms with Crippen molar-refractivity contribution in [3.05, 3.63) is 22.4 Å². The summed E-state index contributed by atoms with van der Waals surface area (Å²) in [5.41, 5.74) is -0.697. The smallest absolute Gasteiger partial charge is 0.233 e. The van der Waals surface area contributed by atoms with Gasteiger partial charge in [-0.25, -0.2) is 0 Å². The van der Waals surface area contributed by atoms with Crippen molar-refractivity contribution in [2.75, 3.05) is 19.8 Å². The minimum atomic E-state index is -0.697. The highest BCUT2D eigenvalue weighted by Crippen LogP contribution is 2.27. The standard InChI is InChI=1S/C10H13NO3S/c12-5-10(6-14-7-10)9(13)11-4-8-2-1-3-15-8/h1-3,12H,4-7H2,(H,11,13). The fourth-order valence-corrected chi connectivity index (χ4v) is 2.06. The van der Waals surface area contributed by atoms with Crippen LogP contribution in [0, 0.1) is 5.41 Å². The fourth-order valence-electron chi connectivity index (χ4n) is 1.41. The summed E-state index contributed by atoms with van der Waals surface area (Å²) < 4.78 is 4.97. The molecular weight excluding hydrogens is 214 g/mol. The highest BCUT2D eigenvalue weighted by Gasteiger charge is 2.45. The Hall–Kier alpha value is -0.910. The molecule has 0 radical (unpaired) electrons. The van der Waals surface area contributed by atoms with Gasteiger partial charge in [-0.05, 0) is 11.4 Å². The summed E-state index contributed by atoms with van der Waals surface area (Å²) >= 11 is 1.60. The number of nitrogens with one attached hydrogen (secondary N) is 1. The van der Waals surface area contributed by atoms with Gasteiger partial charge >= 0.3 is 0 Å². The summed E-state index contributed by atoms with van der Waals surface area (Å²) in [6.07, 6.45) is 0. The lowest BCUT2D eigenvalue weighted by Gasteiger charge is -2.37. The van der Waals surface area contributed by atoms with E-state index in [0.717, 1.165) is 4.88 Å². The van der Waals surface area contributed by atoms with Gasteiger partial charge in [-0.15, -0.1) is 11.3 Å². The van der Waals surface area contributed by atoms with Crippen LogP contribution in [0.25, 0.3) is 0 Å². The van der Waals surface area contributed by atoms with Gasteiger partial charge in [-0.3, -0.25) is 4.79 Å². The number of ether oxygens (including phenoxy) is 1. The number of carbonyl (C=O) groups excluding carboxylic acids is 1. The predicted octanol–water partition coefficient (Wildman–Crippen LogP) is 0.373. The molecule has 2 rings (SSSR count). The third kappa shape index (κ3) is 2.04. The quantitative estimate of drug-likeness (QED) is 0.781. The Morgan fingerprint density at radius 2 is 2.47 bits per heavy atom. The van der Waals surface area contributed by atoms with Gasteiger partial charge in [0, 0.05) is 4.88 Å². The third-order valence-electron chi connectivity index (χ3n) is 2.54. The van der Waals surface area contributed by atoms with Crippen LogP contribution in [0.2, 0.25) is 0 Å². The van der Waals surface area contributed by atoms with Crippen LogP contribution in [0.5, 0.6) is 0 Å². The first kappa shape index (κ1) is 10.6. The van der Waals surface area contributed by atoms with Crippen LogP contribution in [0.3, 0.4) is 0 Å². The Bertz CT molecular complexity index is 327. The van der Waals surface area contributed by atoms with Gasteiger partial charge in [0.1, 0.15) is 5.41 Å². The van der Waals surface area contributed by atoms with E-state index in [-0.39, 0.29) is 12.5 Å². The molecule has 1 aromatic rings. The lowest BCUT2D eigenvalue weighted by molar-refractivity contribution is -0.170. The number of hydrogen-bond acceptors (Lipinski definition) is 4. The zero-order chi connectivity index (χ0) is 10.7. The lowest BCUT2D eigenvalue weighted by atomic mass is 9.86. The Morgan fingerprint density at radius 1 is 1.67 bits per heavy atom. The van der Waals surface area contributed by atoms with E-state index in [1.54, 1.807) is 11.3 Å². The maximum absolute atomic E-state index is 11.7. The summed E-state index contributed by atoms with van der Waals surface area (Å²) in [6.45, 7) is 1.01. The molecule has 1 amide bonds. The first-order valence-electron chi connectivity index (χ1n) is 4.76. The molecule has 0 bridgehead atoms. The number of hydrogen-bond donors (Lipinski definition) is 2. The highest BCUT2D eigenvalue weighted by molar-refractivity contribution is 7.09. The average Bonchev–Trinajstić information content (AvgIpc) is 2.66. The molecule has 1 aliphatic heterocycles. The molecule has 2 heterocycles. The number of aliphatic hydroxyl groups is 1. The molecule has 2 N–H and O–H groups in total. The molecule has 1 fully saturated rings. The summed E-state index contributed by atoms with van der Waals surface area (Å²) in [6, 6.07) is 3.91. The Kier molecular flexibility index (Phi) is 3.04. The minimum absolute atomic E-state index is 0.121. The van der Waals surface area contributed by atoms with Crippen molar-refractivity contribution in [3.63, 3.8) is 0 Å². The van der Waals surface area contributed by atoms with Gasteiger partial charge in [0.05, 0.1) is 26.4 Å². The SMILES string of the molecule is O=C(NCc1cccs1)C1(CO)COC1. The van der Waals surface area contributed by atoms with Gasteiger partial charge < -0.3 is 15.2 Å². The normalized spacial score (nSPS) is 18.2. The molecule has 5 heteroatoms. The molecular formula is C10H13NO3S. The van der Waals surface area contributed by atoms with Gasteiger partial charge in [-0.2, -0.15) is 0 Å². The summed E-state index contributed by atoms with van der Waals surface area (Å²) in [4.78, 5) is 12.8. The highest BCUT2D eigenvalue weighted by atomic mass is 32.1. The van der Waals surface area contributed by atoms with Gasteiger partial charge in [-0.1, -0.05) is 6.07 Å². The van der Waals surface area contributed by atoms with Crippen molar-refractivity contribution < 1.29 is 14.6 Å². The first-order chi connectivity index (χ1) is 7.27. The van der Waals surface area contributed by atoms with E-state index >= 15 is 0 Å². The minimum Gasteiger partial charge on any atom is -0.395 e. The molecule has 0 spiro atoms. The Morgan fingerprint density at radius 3 is 2.93 bits per heavy atom. The number of aliphatic hydroxyl groups excluding tert-OH is 1. The van der Waals surface area contributed by atoms with Crippen molar-refractivity contribution >= 4 is 17.2 Å². The molecule has 1 aliphatic rings. The zero-order valence-corrected chi connectivity index (χ0v) is 9.05.